The van der Waals surface area contributed by atoms with Gasteiger partial charge in [-0.05, 0) is 48.9 Å². The number of carbonyl (C=O) groups is 1. The van der Waals surface area contributed by atoms with Crippen LogP contribution in [0.3, 0.4) is 0 Å². The Labute approximate surface area is 173 Å². The molecule has 0 aliphatic carbocycles. The number of hydrogen-bond acceptors (Lipinski definition) is 6. The van der Waals surface area contributed by atoms with E-state index >= 15 is 0 Å². The number of aromatic nitrogens is 4. The molecule has 0 aliphatic rings. The van der Waals surface area contributed by atoms with E-state index in [0.717, 1.165) is 15.8 Å². The maximum absolute atomic E-state index is 14.6. The first-order chi connectivity index (χ1) is 14.6. The molecule has 0 atom stereocenters. The van der Waals surface area contributed by atoms with Crippen LogP contribution in [-0.4, -0.2) is 25.5 Å². The Hall–Kier alpha value is -3.85. The van der Waals surface area contributed by atoms with Gasteiger partial charge in [-0.25, -0.2) is 13.9 Å². The summed E-state index contributed by atoms with van der Waals surface area (Å²) in [6, 6.07) is 11.3. The highest BCUT2D eigenvalue weighted by atomic mass is 32.1. The van der Waals surface area contributed by atoms with Crippen LogP contribution in [0.4, 0.5) is 10.1 Å². The van der Waals surface area contributed by atoms with Crippen LogP contribution in [-0.2, 0) is 0 Å². The van der Waals surface area contributed by atoms with Gasteiger partial charge >= 0.3 is 0 Å². The zero-order valence-corrected chi connectivity index (χ0v) is 16.5. The molecule has 7 nitrogen and oxygen atoms in total. The van der Waals surface area contributed by atoms with Crippen molar-refractivity contribution in [2.75, 3.05) is 5.32 Å². The third-order valence-corrected chi connectivity index (χ3v) is 5.40. The predicted octanol–water partition coefficient (Wildman–Crippen LogP) is 4.83. The number of aryl methyl sites for hydroxylation is 1. The van der Waals surface area contributed by atoms with Crippen LogP contribution >= 0.6 is 11.3 Å². The Kier molecular flexibility index (Phi) is 4.36. The summed E-state index contributed by atoms with van der Waals surface area (Å²) in [4.78, 5) is 20.8. The zero-order chi connectivity index (χ0) is 20.7. The lowest BCUT2D eigenvalue weighted by molar-refractivity contribution is 0.102. The average molecular weight is 419 g/mol. The van der Waals surface area contributed by atoms with Gasteiger partial charge in [-0.2, -0.15) is 10.1 Å². The Morgan fingerprint density at radius 3 is 2.93 bits per heavy atom. The van der Waals surface area contributed by atoms with E-state index < -0.39 is 5.82 Å². The van der Waals surface area contributed by atoms with Crippen molar-refractivity contribution in [2.45, 2.75) is 6.92 Å². The van der Waals surface area contributed by atoms with E-state index in [1.807, 2.05) is 13.0 Å². The summed E-state index contributed by atoms with van der Waals surface area (Å²) >= 11 is 1.45. The van der Waals surface area contributed by atoms with Crippen LogP contribution < -0.4 is 10.1 Å². The maximum Gasteiger partial charge on any atom is 0.255 e. The molecule has 5 aromatic rings. The van der Waals surface area contributed by atoms with Crippen molar-refractivity contribution < 1.29 is 13.9 Å². The molecule has 0 unspecified atom stereocenters. The first-order valence-corrected chi connectivity index (χ1v) is 9.87. The summed E-state index contributed by atoms with van der Waals surface area (Å²) in [5.41, 5.74) is 4.92. The molecule has 5 rings (SSSR count). The number of anilines is 1. The van der Waals surface area contributed by atoms with E-state index in [1.54, 1.807) is 40.5 Å². The number of hydrogen-bond donors (Lipinski definition) is 1. The van der Waals surface area contributed by atoms with Gasteiger partial charge in [-0.15, -0.1) is 11.3 Å². The smallest absolute Gasteiger partial charge is 0.255 e. The number of rotatable bonds is 4. The molecule has 0 radical (unpaired) electrons. The number of benzene rings is 2. The molecule has 0 saturated carbocycles. The second-order valence-corrected chi connectivity index (χ2v) is 7.48. The minimum Gasteiger partial charge on any atom is -0.434 e. The van der Waals surface area contributed by atoms with Crippen molar-refractivity contribution in [2.24, 2.45) is 0 Å². The zero-order valence-electron chi connectivity index (χ0n) is 15.7. The normalized spacial score (nSPS) is 11.1. The lowest BCUT2D eigenvalue weighted by Crippen LogP contribution is -2.11. The molecule has 1 amide bonds. The fourth-order valence-electron chi connectivity index (χ4n) is 3.11. The van der Waals surface area contributed by atoms with Crippen LogP contribution in [0.2, 0.25) is 0 Å². The van der Waals surface area contributed by atoms with Crippen LogP contribution in [0.25, 0.3) is 15.7 Å². The molecular weight excluding hydrogens is 405 g/mol. The third kappa shape index (κ3) is 3.25. The van der Waals surface area contributed by atoms with Gasteiger partial charge in [-0.1, -0.05) is 0 Å². The summed E-state index contributed by atoms with van der Waals surface area (Å²) in [6.07, 6.45) is 3.12. The maximum atomic E-state index is 14.6. The second-order valence-electron chi connectivity index (χ2n) is 6.59. The molecule has 9 heteroatoms. The quantitative estimate of drug-likeness (QED) is 0.451. The summed E-state index contributed by atoms with van der Waals surface area (Å²) in [7, 11) is 0. The molecule has 1 N–H and O–H groups in total. The summed E-state index contributed by atoms with van der Waals surface area (Å²) in [5, 5.41) is 6.80. The topological polar surface area (TPSA) is 81.4 Å². The number of nitrogens with zero attached hydrogens (tertiary/aromatic N) is 4. The van der Waals surface area contributed by atoms with Gasteiger partial charge < -0.3 is 10.1 Å². The molecule has 3 aromatic heterocycles. The van der Waals surface area contributed by atoms with Gasteiger partial charge in [0.05, 0.1) is 15.7 Å². The van der Waals surface area contributed by atoms with Crippen molar-refractivity contribution in [1.82, 2.24) is 19.6 Å². The monoisotopic (exact) mass is 419 g/mol. The average Bonchev–Trinajstić information content (AvgIpc) is 3.36. The van der Waals surface area contributed by atoms with Crippen molar-refractivity contribution in [3.8, 4) is 11.6 Å². The Morgan fingerprint density at radius 1 is 1.17 bits per heavy atom. The van der Waals surface area contributed by atoms with Gasteiger partial charge in [0.15, 0.2) is 11.6 Å². The van der Waals surface area contributed by atoms with Crippen molar-refractivity contribution in [3.63, 3.8) is 0 Å². The molecule has 0 aliphatic heterocycles. The number of nitrogens with one attached hydrogen (secondary N) is 1. The standard InChI is InChI=1S/C21H14FN5O2S/c1-12-6-7-27-19(12)21(23-10-25-27)29-17-5-3-14(9-15(17)22)26-20(28)13-2-4-16-18(8-13)30-11-24-16/h2-11H,1H3,(H,26,28). The van der Waals surface area contributed by atoms with Crippen molar-refractivity contribution in [1.29, 1.82) is 0 Å². The predicted molar refractivity (Wildman–Crippen MR) is 112 cm³/mol. The highest BCUT2D eigenvalue weighted by Crippen LogP contribution is 2.29. The molecule has 0 fully saturated rings. The highest BCUT2D eigenvalue weighted by molar-refractivity contribution is 7.16. The van der Waals surface area contributed by atoms with Crippen LogP contribution in [0, 0.1) is 12.7 Å². The lowest BCUT2D eigenvalue weighted by atomic mass is 10.2. The lowest BCUT2D eigenvalue weighted by Gasteiger charge is -2.10. The molecule has 2 aromatic carbocycles. The number of amides is 1. The molecule has 30 heavy (non-hydrogen) atoms. The minimum absolute atomic E-state index is 0.000258. The van der Waals surface area contributed by atoms with E-state index in [4.69, 9.17) is 4.74 Å². The van der Waals surface area contributed by atoms with Crippen LogP contribution in [0.1, 0.15) is 15.9 Å². The fraction of sp³-hybridized carbons (Fsp3) is 0.0476. The van der Waals surface area contributed by atoms with Gasteiger partial charge in [0.25, 0.3) is 5.91 Å². The number of ether oxygens (including phenoxy) is 1. The van der Waals surface area contributed by atoms with Crippen LogP contribution in [0.5, 0.6) is 11.6 Å². The van der Waals surface area contributed by atoms with E-state index in [-0.39, 0.29) is 17.5 Å². The van der Waals surface area contributed by atoms with Crippen molar-refractivity contribution in [3.05, 3.63) is 77.4 Å². The van der Waals surface area contributed by atoms with Gasteiger partial charge in [0.2, 0.25) is 5.88 Å². The third-order valence-electron chi connectivity index (χ3n) is 4.61. The fourth-order valence-corrected chi connectivity index (χ4v) is 3.83. The Balaban J connectivity index is 1.37. The van der Waals surface area contributed by atoms with Crippen molar-refractivity contribution >= 4 is 38.7 Å². The Bertz CT molecular complexity index is 1410. The second kappa shape index (κ2) is 7.20. The number of fused-ring (bicyclic) bond motifs is 2. The summed E-state index contributed by atoms with van der Waals surface area (Å²) < 4.78 is 22.9. The first-order valence-electron chi connectivity index (χ1n) is 8.99. The molecule has 0 spiro atoms. The minimum atomic E-state index is -0.619. The van der Waals surface area contributed by atoms with E-state index in [1.165, 1.54) is 29.8 Å². The first kappa shape index (κ1) is 18.2. The van der Waals surface area contributed by atoms with E-state index in [0.29, 0.717) is 16.8 Å². The largest absolute Gasteiger partial charge is 0.434 e. The highest BCUT2D eigenvalue weighted by Gasteiger charge is 2.14. The van der Waals surface area contributed by atoms with Gasteiger partial charge in [0.1, 0.15) is 11.8 Å². The Morgan fingerprint density at radius 2 is 2.07 bits per heavy atom. The molecule has 0 saturated heterocycles. The van der Waals surface area contributed by atoms with E-state index in [2.05, 4.69) is 20.4 Å². The van der Waals surface area contributed by atoms with Crippen LogP contribution in [0.15, 0.2) is 60.5 Å². The summed E-state index contributed by atoms with van der Waals surface area (Å²) in [5.74, 6) is -0.701. The van der Waals surface area contributed by atoms with Gasteiger partial charge in [0, 0.05) is 23.5 Å². The number of thiazole rings is 1. The molecule has 148 valence electrons. The summed E-state index contributed by atoms with van der Waals surface area (Å²) in [6.45, 7) is 1.89. The molecule has 0 bridgehead atoms. The SMILES string of the molecule is Cc1ccn2ncnc(Oc3ccc(NC(=O)c4ccc5ncsc5c4)cc3F)c12. The number of carbonyl (C=O) groups excluding carboxylic acids is 1. The van der Waals surface area contributed by atoms with E-state index in [9.17, 15) is 9.18 Å². The number of halogens is 1. The molecular formula is C21H14FN5O2S. The van der Waals surface area contributed by atoms with Gasteiger partial charge in [-0.3, -0.25) is 4.79 Å². The molecule has 3 heterocycles.